The zero-order valence-electron chi connectivity index (χ0n) is 16.6. The molecule has 1 aliphatic rings. The van der Waals surface area contributed by atoms with E-state index in [1.54, 1.807) is 29.2 Å². The Morgan fingerprint density at radius 1 is 1.07 bits per heavy atom. The molecular formula is C23H22N2O5. The lowest BCUT2D eigenvalue weighted by Crippen LogP contribution is -2.43. The lowest BCUT2D eigenvalue weighted by atomic mass is 10.0. The molecule has 0 radical (unpaired) electrons. The van der Waals surface area contributed by atoms with E-state index in [1.807, 2.05) is 37.3 Å². The number of rotatable bonds is 5. The van der Waals surface area contributed by atoms with E-state index in [1.165, 1.54) is 13.2 Å². The van der Waals surface area contributed by atoms with Gasteiger partial charge in [0.2, 0.25) is 5.75 Å². The molecule has 0 unspecified atom stereocenters. The number of carbonyl (C=O) groups excluding carboxylic acids is 1. The smallest absolute Gasteiger partial charge is 0.262 e. The third kappa shape index (κ3) is 3.34. The molecule has 3 aromatic carbocycles. The molecule has 1 heterocycles. The third-order valence-electron chi connectivity index (χ3n) is 4.97. The summed E-state index contributed by atoms with van der Waals surface area (Å²) in [5, 5.41) is 23.5. The van der Waals surface area contributed by atoms with Crippen LogP contribution in [0.5, 0.6) is 23.0 Å². The SMILES string of the molecule is CCOc1ccc(N2C(=O)c3ccccc3N[C@H]2c2cc(O)c(O)c(OC)c2)cc1. The fourth-order valence-electron chi connectivity index (χ4n) is 3.55. The monoisotopic (exact) mass is 406 g/mol. The van der Waals surface area contributed by atoms with E-state index in [9.17, 15) is 15.0 Å². The first-order chi connectivity index (χ1) is 14.5. The van der Waals surface area contributed by atoms with Gasteiger partial charge in [0.1, 0.15) is 11.9 Å². The van der Waals surface area contributed by atoms with E-state index >= 15 is 0 Å². The van der Waals surface area contributed by atoms with E-state index in [-0.39, 0.29) is 23.2 Å². The summed E-state index contributed by atoms with van der Waals surface area (Å²) in [7, 11) is 1.40. The molecule has 0 fully saturated rings. The lowest BCUT2D eigenvalue weighted by Gasteiger charge is -2.38. The van der Waals surface area contributed by atoms with Crippen molar-refractivity contribution in [2.45, 2.75) is 13.1 Å². The predicted octanol–water partition coefficient (Wildman–Crippen LogP) is 4.28. The van der Waals surface area contributed by atoms with Crippen molar-refractivity contribution < 1.29 is 24.5 Å². The first-order valence-electron chi connectivity index (χ1n) is 9.55. The Labute approximate surface area is 174 Å². The number of benzene rings is 3. The van der Waals surface area contributed by atoms with Gasteiger partial charge in [-0.1, -0.05) is 12.1 Å². The van der Waals surface area contributed by atoms with Crippen LogP contribution in [0.25, 0.3) is 0 Å². The highest BCUT2D eigenvalue weighted by Gasteiger charge is 2.35. The van der Waals surface area contributed by atoms with Crippen LogP contribution in [0.2, 0.25) is 0 Å². The Morgan fingerprint density at radius 2 is 1.80 bits per heavy atom. The lowest BCUT2D eigenvalue weighted by molar-refractivity contribution is 0.0974. The van der Waals surface area contributed by atoms with Gasteiger partial charge in [-0.3, -0.25) is 9.69 Å². The maximum Gasteiger partial charge on any atom is 0.262 e. The van der Waals surface area contributed by atoms with Crippen LogP contribution < -0.4 is 19.7 Å². The van der Waals surface area contributed by atoms with Crippen molar-refractivity contribution in [1.82, 2.24) is 0 Å². The largest absolute Gasteiger partial charge is 0.504 e. The van der Waals surface area contributed by atoms with Crippen LogP contribution in [0.3, 0.4) is 0 Å². The number of nitrogens with one attached hydrogen (secondary N) is 1. The van der Waals surface area contributed by atoms with Crippen LogP contribution in [-0.2, 0) is 0 Å². The number of nitrogens with zero attached hydrogens (tertiary/aromatic N) is 1. The fraction of sp³-hybridized carbons (Fsp3) is 0.174. The highest BCUT2D eigenvalue weighted by Crippen LogP contribution is 2.42. The number of ether oxygens (including phenoxy) is 2. The molecule has 0 saturated heterocycles. The Kier molecular flexibility index (Phi) is 5.10. The standard InChI is InChI=1S/C23H22N2O5/c1-3-30-16-10-8-15(9-11-16)25-22(14-12-19(26)21(27)20(13-14)29-2)24-18-7-5-4-6-17(18)23(25)28/h4-13,22,24,26-27H,3H2,1-2H3/t22-/m1/s1. The van der Waals surface area contributed by atoms with Gasteiger partial charge in [0.15, 0.2) is 11.5 Å². The predicted molar refractivity (Wildman–Crippen MR) is 114 cm³/mol. The summed E-state index contributed by atoms with van der Waals surface area (Å²) >= 11 is 0. The molecule has 1 atom stereocenters. The van der Waals surface area contributed by atoms with Crippen LogP contribution in [0.1, 0.15) is 29.0 Å². The van der Waals surface area contributed by atoms with E-state index in [2.05, 4.69) is 5.32 Å². The van der Waals surface area contributed by atoms with Crippen molar-refractivity contribution >= 4 is 17.3 Å². The summed E-state index contributed by atoms with van der Waals surface area (Å²) in [5.74, 6) is -0.0464. The zero-order valence-corrected chi connectivity index (χ0v) is 16.6. The van der Waals surface area contributed by atoms with Crippen molar-refractivity contribution in [1.29, 1.82) is 0 Å². The third-order valence-corrected chi connectivity index (χ3v) is 4.97. The number of hydrogen-bond donors (Lipinski definition) is 3. The molecule has 7 nitrogen and oxygen atoms in total. The van der Waals surface area contributed by atoms with Gasteiger partial charge < -0.3 is 25.0 Å². The summed E-state index contributed by atoms with van der Waals surface area (Å²) in [6.07, 6.45) is -0.634. The second kappa shape index (κ2) is 7.87. The summed E-state index contributed by atoms with van der Waals surface area (Å²) in [6.45, 7) is 2.45. The van der Waals surface area contributed by atoms with Crippen LogP contribution >= 0.6 is 0 Å². The van der Waals surface area contributed by atoms with Crippen molar-refractivity contribution in [2.75, 3.05) is 23.9 Å². The molecule has 0 aromatic heterocycles. The van der Waals surface area contributed by atoms with Crippen molar-refractivity contribution in [3.05, 3.63) is 71.8 Å². The number of carbonyl (C=O) groups is 1. The highest BCUT2D eigenvalue weighted by atomic mass is 16.5. The molecule has 0 spiro atoms. The number of phenols is 2. The average molecular weight is 406 g/mol. The molecule has 4 rings (SSSR count). The maximum atomic E-state index is 13.4. The number of methoxy groups -OCH3 is 1. The average Bonchev–Trinajstić information content (AvgIpc) is 2.76. The fourth-order valence-corrected chi connectivity index (χ4v) is 3.55. The molecule has 3 N–H and O–H groups in total. The Hall–Kier alpha value is -3.87. The van der Waals surface area contributed by atoms with Crippen LogP contribution in [0.4, 0.5) is 11.4 Å². The van der Waals surface area contributed by atoms with Crippen molar-refractivity contribution in [3.8, 4) is 23.0 Å². The molecule has 3 aromatic rings. The van der Waals surface area contributed by atoms with Gasteiger partial charge in [0.05, 0.1) is 19.3 Å². The topological polar surface area (TPSA) is 91.3 Å². The molecule has 0 aliphatic carbocycles. The minimum absolute atomic E-state index is 0.116. The first-order valence-corrected chi connectivity index (χ1v) is 9.55. The molecule has 30 heavy (non-hydrogen) atoms. The quantitative estimate of drug-likeness (QED) is 0.548. The zero-order chi connectivity index (χ0) is 21.3. The van der Waals surface area contributed by atoms with Gasteiger partial charge in [-0.25, -0.2) is 0 Å². The van der Waals surface area contributed by atoms with Gasteiger partial charge in [0.25, 0.3) is 5.91 Å². The molecule has 154 valence electrons. The molecular weight excluding hydrogens is 384 g/mol. The molecule has 0 bridgehead atoms. The van der Waals surface area contributed by atoms with Crippen LogP contribution in [-0.4, -0.2) is 29.8 Å². The van der Waals surface area contributed by atoms with E-state index in [4.69, 9.17) is 9.47 Å². The summed E-state index contributed by atoms with van der Waals surface area (Å²) < 4.78 is 10.7. The maximum absolute atomic E-state index is 13.4. The van der Waals surface area contributed by atoms with Crippen LogP contribution in [0.15, 0.2) is 60.7 Å². The number of para-hydroxylation sites is 1. The minimum atomic E-state index is -0.634. The number of fused-ring (bicyclic) bond motifs is 1. The number of aromatic hydroxyl groups is 2. The minimum Gasteiger partial charge on any atom is -0.504 e. The van der Waals surface area contributed by atoms with E-state index in [0.29, 0.717) is 34.9 Å². The summed E-state index contributed by atoms with van der Waals surface area (Å²) in [5.41, 5.74) is 2.43. The normalized spacial score (nSPS) is 15.3. The second-order valence-electron chi connectivity index (χ2n) is 6.79. The number of anilines is 2. The Balaban J connectivity index is 1.84. The molecule has 7 heteroatoms. The van der Waals surface area contributed by atoms with E-state index < -0.39 is 6.17 Å². The number of hydrogen-bond acceptors (Lipinski definition) is 6. The van der Waals surface area contributed by atoms with Gasteiger partial charge in [0, 0.05) is 16.9 Å². The molecule has 1 aliphatic heterocycles. The van der Waals surface area contributed by atoms with Crippen molar-refractivity contribution in [2.24, 2.45) is 0 Å². The summed E-state index contributed by atoms with van der Waals surface area (Å²) in [6, 6.07) is 17.5. The molecule has 0 saturated carbocycles. The van der Waals surface area contributed by atoms with Crippen LogP contribution in [0, 0.1) is 0 Å². The number of phenolic OH excluding ortho intramolecular Hbond substituents is 2. The van der Waals surface area contributed by atoms with Crippen molar-refractivity contribution in [3.63, 3.8) is 0 Å². The Bertz CT molecular complexity index is 1080. The van der Waals surface area contributed by atoms with Gasteiger partial charge in [-0.05, 0) is 55.5 Å². The second-order valence-corrected chi connectivity index (χ2v) is 6.79. The van der Waals surface area contributed by atoms with Gasteiger partial charge in [-0.2, -0.15) is 0 Å². The van der Waals surface area contributed by atoms with E-state index in [0.717, 1.165) is 0 Å². The molecule has 1 amide bonds. The highest BCUT2D eigenvalue weighted by molar-refractivity contribution is 6.12. The number of amides is 1. The summed E-state index contributed by atoms with van der Waals surface area (Å²) in [4.78, 5) is 15.0. The first kappa shape index (κ1) is 19.4. The van der Waals surface area contributed by atoms with Gasteiger partial charge in [-0.15, -0.1) is 0 Å². The van der Waals surface area contributed by atoms with Gasteiger partial charge >= 0.3 is 0 Å². The Morgan fingerprint density at radius 3 is 2.50 bits per heavy atom.